The molecule has 38 heavy (non-hydrogen) atoms. The summed E-state index contributed by atoms with van der Waals surface area (Å²) in [6.45, 7) is 6.73. The second-order valence-electron chi connectivity index (χ2n) is 13.6. The van der Waals surface area contributed by atoms with E-state index in [4.69, 9.17) is 10.5 Å². The third-order valence-corrected chi connectivity index (χ3v) is 9.03. The van der Waals surface area contributed by atoms with Gasteiger partial charge in [0, 0.05) is 24.1 Å². The quantitative estimate of drug-likeness (QED) is 0.332. The summed E-state index contributed by atoms with van der Waals surface area (Å²) in [5, 5.41) is 3.56. The summed E-state index contributed by atoms with van der Waals surface area (Å²) in [5.41, 5.74) is 8.45. The van der Waals surface area contributed by atoms with E-state index in [1.807, 2.05) is 48.5 Å². The Morgan fingerprint density at radius 1 is 1.05 bits per heavy atom. The normalized spacial score (nSPS) is 27.0. The molecule has 3 N–H and O–H groups in total. The fraction of sp³-hybridized carbons (Fsp3) is 0.562. The molecule has 4 fully saturated rings. The SMILES string of the molecule is CC(C)(C)CC(CCC(=O)NC12CC3CC(CC(C3)C1)C2)n1c(N)nc2ccc(Oc3ccccc3)cc21. The number of aromatic nitrogens is 2. The van der Waals surface area contributed by atoms with Gasteiger partial charge in [-0.15, -0.1) is 0 Å². The number of nitrogens with zero attached hydrogens (tertiary/aromatic N) is 2. The molecule has 6 nitrogen and oxygen atoms in total. The van der Waals surface area contributed by atoms with Crippen LogP contribution in [0.2, 0.25) is 0 Å². The highest BCUT2D eigenvalue weighted by molar-refractivity contribution is 5.80. The van der Waals surface area contributed by atoms with Gasteiger partial charge >= 0.3 is 0 Å². The number of ether oxygens (including phenoxy) is 1. The van der Waals surface area contributed by atoms with Gasteiger partial charge in [0.15, 0.2) is 0 Å². The summed E-state index contributed by atoms with van der Waals surface area (Å²) in [6.07, 6.45) is 9.81. The first-order valence-corrected chi connectivity index (χ1v) is 14.5. The van der Waals surface area contributed by atoms with Gasteiger partial charge in [-0.3, -0.25) is 4.79 Å². The van der Waals surface area contributed by atoms with Gasteiger partial charge in [0.05, 0.1) is 11.0 Å². The molecule has 4 bridgehead atoms. The number of carbonyl (C=O) groups is 1. The van der Waals surface area contributed by atoms with Gasteiger partial charge in [-0.2, -0.15) is 0 Å². The minimum atomic E-state index is 0.0514. The van der Waals surface area contributed by atoms with Crippen molar-refractivity contribution in [1.29, 1.82) is 0 Å². The molecule has 4 aliphatic rings. The maximum atomic E-state index is 13.4. The van der Waals surface area contributed by atoms with Crippen molar-refractivity contribution >= 4 is 22.9 Å². The van der Waals surface area contributed by atoms with E-state index in [1.165, 1.54) is 38.5 Å². The molecule has 0 saturated heterocycles. The van der Waals surface area contributed by atoms with Crippen molar-refractivity contribution in [3.05, 3.63) is 48.5 Å². The number of benzene rings is 2. The van der Waals surface area contributed by atoms with Crippen molar-refractivity contribution in [1.82, 2.24) is 14.9 Å². The number of nitrogens with two attached hydrogens (primary N) is 1. The predicted octanol–water partition coefficient (Wildman–Crippen LogP) is 7.25. The van der Waals surface area contributed by atoms with Crippen LogP contribution < -0.4 is 15.8 Å². The molecule has 0 aliphatic heterocycles. The number of amides is 1. The molecule has 1 aromatic heterocycles. The Hall–Kier alpha value is -3.02. The molecular formula is C32H42N4O2. The first-order valence-electron chi connectivity index (χ1n) is 14.5. The van der Waals surface area contributed by atoms with Crippen molar-refractivity contribution in [3.63, 3.8) is 0 Å². The monoisotopic (exact) mass is 514 g/mol. The number of para-hydroxylation sites is 1. The highest BCUT2D eigenvalue weighted by Crippen LogP contribution is 2.55. The van der Waals surface area contributed by atoms with Crippen LogP contribution in [0, 0.1) is 23.2 Å². The van der Waals surface area contributed by atoms with Crippen LogP contribution in [-0.4, -0.2) is 21.0 Å². The van der Waals surface area contributed by atoms with E-state index in [-0.39, 0.29) is 22.9 Å². The molecule has 1 atom stereocenters. The number of anilines is 1. The third-order valence-electron chi connectivity index (χ3n) is 9.03. The minimum Gasteiger partial charge on any atom is -0.457 e. The predicted molar refractivity (Wildman–Crippen MR) is 152 cm³/mol. The molecule has 0 spiro atoms. The van der Waals surface area contributed by atoms with Crippen LogP contribution in [0.25, 0.3) is 11.0 Å². The van der Waals surface area contributed by atoms with Crippen LogP contribution in [-0.2, 0) is 4.79 Å². The van der Waals surface area contributed by atoms with Crippen LogP contribution >= 0.6 is 0 Å². The summed E-state index contributed by atoms with van der Waals surface area (Å²) in [7, 11) is 0. The number of hydrogen-bond acceptors (Lipinski definition) is 4. The van der Waals surface area contributed by atoms with Crippen LogP contribution in [0.1, 0.15) is 84.6 Å². The Bertz CT molecular complexity index is 1270. The Morgan fingerprint density at radius 3 is 2.34 bits per heavy atom. The van der Waals surface area contributed by atoms with E-state index in [2.05, 4.69) is 35.6 Å². The van der Waals surface area contributed by atoms with Gasteiger partial charge in [-0.1, -0.05) is 39.0 Å². The number of imidazole rings is 1. The lowest BCUT2D eigenvalue weighted by molar-refractivity contribution is -0.127. The van der Waals surface area contributed by atoms with E-state index < -0.39 is 0 Å². The number of rotatable bonds is 8. The van der Waals surface area contributed by atoms with Crippen LogP contribution in [0.5, 0.6) is 11.5 Å². The Kier molecular flexibility index (Phi) is 6.40. The lowest BCUT2D eigenvalue weighted by Gasteiger charge is -2.57. The molecule has 6 heteroatoms. The summed E-state index contributed by atoms with van der Waals surface area (Å²) < 4.78 is 8.25. The van der Waals surface area contributed by atoms with Gasteiger partial charge in [0.2, 0.25) is 11.9 Å². The molecule has 1 unspecified atom stereocenters. The first kappa shape index (κ1) is 25.3. The van der Waals surface area contributed by atoms with Gasteiger partial charge < -0.3 is 20.4 Å². The lowest BCUT2D eigenvalue weighted by atomic mass is 9.53. The summed E-state index contributed by atoms with van der Waals surface area (Å²) in [4.78, 5) is 18.1. The van der Waals surface area contributed by atoms with Gasteiger partial charge in [-0.25, -0.2) is 4.98 Å². The van der Waals surface area contributed by atoms with Crippen molar-refractivity contribution in [3.8, 4) is 11.5 Å². The smallest absolute Gasteiger partial charge is 0.220 e. The van der Waals surface area contributed by atoms with Gasteiger partial charge in [-0.05, 0) is 98.8 Å². The average molecular weight is 515 g/mol. The molecule has 4 saturated carbocycles. The largest absolute Gasteiger partial charge is 0.457 e. The zero-order chi connectivity index (χ0) is 26.5. The highest BCUT2D eigenvalue weighted by atomic mass is 16.5. The van der Waals surface area contributed by atoms with Crippen LogP contribution in [0.15, 0.2) is 48.5 Å². The molecule has 7 rings (SSSR count). The van der Waals surface area contributed by atoms with Gasteiger partial charge in [0.25, 0.3) is 0 Å². The van der Waals surface area contributed by atoms with Gasteiger partial charge in [0.1, 0.15) is 11.5 Å². The molecule has 2 aromatic carbocycles. The molecule has 1 heterocycles. The molecule has 4 aliphatic carbocycles. The van der Waals surface area contributed by atoms with E-state index in [0.29, 0.717) is 12.4 Å². The standard InChI is InChI=1S/C32H42N4O2/c1-31(2,3)20-24(9-12-29(37)35-32-17-21-13-22(18-32)15-23(14-21)19-32)36-28-16-26(10-11-27(28)34-30(36)33)38-25-7-5-4-6-8-25/h4-8,10-11,16,21-24H,9,12-15,17-20H2,1-3H3,(H2,33,34)(H,35,37). The fourth-order valence-corrected chi connectivity index (χ4v) is 8.11. The number of nitrogen functional groups attached to an aromatic ring is 1. The van der Waals surface area contributed by atoms with Crippen molar-refractivity contribution in [2.45, 2.75) is 90.1 Å². The minimum absolute atomic E-state index is 0.0514. The molecule has 1 amide bonds. The highest BCUT2D eigenvalue weighted by Gasteiger charge is 2.51. The number of nitrogens with one attached hydrogen (secondary N) is 1. The summed E-state index contributed by atoms with van der Waals surface area (Å²) in [5.74, 6) is 4.69. The second-order valence-corrected chi connectivity index (χ2v) is 13.6. The lowest BCUT2D eigenvalue weighted by Crippen LogP contribution is -2.59. The number of hydrogen-bond donors (Lipinski definition) is 2. The number of fused-ring (bicyclic) bond motifs is 1. The van der Waals surface area contributed by atoms with Crippen molar-refractivity contribution in [2.75, 3.05) is 5.73 Å². The number of carbonyl (C=O) groups excluding carboxylic acids is 1. The zero-order valence-electron chi connectivity index (χ0n) is 23.1. The maximum Gasteiger partial charge on any atom is 0.220 e. The first-order chi connectivity index (χ1) is 18.1. The molecular weight excluding hydrogens is 472 g/mol. The van der Waals surface area contributed by atoms with Crippen molar-refractivity contribution < 1.29 is 9.53 Å². The third kappa shape index (κ3) is 5.27. The van der Waals surface area contributed by atoms with Crippen LogP contribution in [0.4, 0.5) is 5.95 Å². The summed E-state index contributed by atoms with van der Waals surface area (Å²) >= 11 is 0. The van der Waals surface area contributed by atoms with E-state index >= 15 is 0 Å². The Morgan fingerprint density at radius 2 is 1.71 bits per heavy atom. The Balaban J connectivity index is 1.22. The average Bonchev–Trinajstić information content (AvgIpc) is 3.15. The molecule has 0 radical (unpaired) electrons. The van der Waals surface area contributed by atoms with E-state index in [0.717, 1.165) is 53.1 Å². The van der Waals surface area contributed by atoms with E-state index in [1.54, 1.807) is 0 Å². The summed E-state index contributed by atoms with van der Waals surface area (Å²) in [6, 6.07) is 15.8. The second kappa shape index (κ2) is 9.62. The van der Waals surface area contributed by atoms with Crippen molar-refractivity contribution in [2.24, 2.45) is 23.2 Å². The fourth-order valence-electron chi connectivity index (χ4n) is 8.11. The van der Waals surface area contributed by atoms with E-state index in [9.17, 15) is 4.79 Å². The topological polar surface area (TPSA) is 82.2 Å². The Labute approximate surface area is 226 Å². The maximum absolute atomic E-state index is 13.4. The molecule has 202 valence electrons. The molecule has 3 aromatic rings. The van der Waals surface area contributed by atoms with Crippen LogP contribution in [0.3, 0.4) is 0 Å². The zero-order valence-corrected chi connectivity index (χ0v) is 23.1.